The zero-order chi connectivity index (χ0) is 9.47. The molecule has 0 aromatic carbocycles. The van der Waals surface area contributed by atoms with E-state index in [-0.39, 0.29) is 11.3 Å². The van der Waals surface area contributed by atoms with Gasteiger partial charge >= 0.3 is 0 Å². The monoisotopic (exact) mass is 179 g/mol. The summed E-state index contributed by atoms with van der Waals surface area (Å²) in [4.78, 5) is 11.5. The third kappa shape index (κ3) is 1.11. The maximum absolute atomic E-state index is 11.5. The summed E-state index contributed by atoms with van der Waals surface area (Å²) in [6.45, 7) is 2.08. The van der Waals surface area contributed by atoms with E-state index in [4.69, 9.17) is 5.73 Å². The summed E-state index contributed by atoms with van der Waals surface area (Å²) < 4.78 is 0. The Morgan fingerprint density at radius 1 is 1.54 bits per heavy atom. The Hall–Kier alpha value is -0.790. The molecule has 1 amide bonds. The lowest BCUT2D eigenvalue weighted by Crippen LogP contribution is -2.47. The van der Waals surface area contributed by atoms with Crippen LogP contribution in [-0.2, 0) is 4.79 Å². The van der Waals surface area contributed by atoms with E-state index < -0.39 is 0 Å². The molecule has 72 valence electrons. The van der Waals surface area contributed by atoms with E-state index in [0.29, 0.717) is 11.8 Å². The molecule has 0 aromatic heterocycles. The summed E-state index contributed by atoms with van der Waals surface area (Å²) in [5.41, 5.74) is 5.32. The van der Waals surface area contributed by atoms with Crippen molar-refractivity contribution >= 4 is 5.91 Å². The standard InChI is InChI=1S/C11H17NO/c1-2-11(10(12)13)7-8-3-5-9(11)6-4-8/h3,5,8-9H,2,4,6-7H2,1H3,(H2,12,13). The van der Waals surface area contributed by atoms with E-state index in [1.165, 1.54) is 6.42 Å². The van der Waals surface area contributed by atoms with Gasteiger partial charge in [0.25, 0.3) is 0 Å². The smallest absolute Gasteiger partial charge is 0.224 e. The second-order valence-electron chi connectivity index (χ2n) is 4.41. The number of nitrogens with two attached hydrogens (primary N) is 1. The lowest BCUT2D eigenvalue weighted by molar-refractivity contribution is -0.133. The highest BCUT2D eigenvalue weighted by Crippen LogP contribution is 2.50. The van der Waals surface area contributed by atoms with E-state index >= 15 is 0 Å². The molecule has 13 heavy (non-hydrogen) atoms. The number of amides is 1. The first-order chi connectivity index (χ1) is 6.19. The first-order valence-corrected chi connectivity index (χ1v) is 5.17. The van der Waals surface area contributed by atoms with E-state index in [1.54, 1.807) is 0 Å². The predicted octanol–water partition coefficient (Wildman–Crippen LogP) is 1.85. The normalized spacial score (nSPS) is 42.2. The summed E-state index contributed by atoms with van der Waals surface area (Å²) in [7, 11) is 0. The second kappa shape index (κ2) is 2.86. The van der Waals surface area contributed by atoms with Crippen molar-refractivity contribution in [3.05, 3.63) is 12.2 Å². The van der Waals surface area contributed by atoms with Crippen molar-refractivity contribution in [3.63, 3.8) is 0 Å². The van der Waals surface area contributed by atoms with Crippen molar-refractivity contribution in [2.75, 3.05) is 0 Å². The van der Waals surface area contributed by atoms with Gasteiger partial charge in [0.1, 0.15) is 0 Å². The molecule has 3 aliphatic carbocycles. The minimum atomic E-state index is -0.211. The summed E-state index contributed by atoms with van der Waals surface area (Å²) in [6.07, 6.45) is 8.76. The molecule has 0 saturated heterocycles. The van der Waals surface area contributed by atoms with Gasteiger partial charge in [0, 0.05) is 0 Å². The highest BCUT2D eigenvalue weighted by Gasteiger charge is 2.47. The third-order valence-electron chi connectivity index (χ3n) is 3.92. The molecule has 1 saturated carbocycles. The Morgan fingerprint density at radius 2 is 2.31 bits per heavy atom. The topological polar surface area (TPSA) is 43.1 Å². The van der Waals surface area contributed by atoms with Crippen molar-refractivity contribution in [1.29, 1.82) is 0 Å². The largest absolute Gasteiger partial charge is 0.369 e. The van der Waals surface area contributed by atoms with Gasteiger partial charge in [-0.15, -0.1) is 0 Å². The van der Waals surface area contributed by atoms with Crippen LogP contribution < -0.4 is 5.73 Å². The molecular weight excluding hydrogens is 162 g/mol. The van der Waals surface area contributed by atoms with Gasteiger partial charge in [0.2, 0.25) is 5.91 Å². The molecule has 3 unspecified atom stereocenters. The quantitative estimate of drug-likeness (QED) is 0.646. The minimum absolute atomic E-state index is 0.0888. The fourth-order valence-corrected chi connectivity index (χ4v) is 2.99. The summed E-state index contributed by atoms with van der Waals surface area (Å²) >= 11 is 0. The van der Waals surface area contributed by atoms with Crippen LogP contribution in [0.15, 0.2) is 12.2 Å². The van der Waals surface area contributed by atoms with Crippen molar-refractivity contribution in [1.82, 2.24) is 0 Å². The zero-order valence-electron chi connectivity index (χ0n) is 8.12. The van der Waals surface area contributed by atoms with Crippen LogP contribution in [0.1, 0.15) is 32.6 Å². The number of primary amides is 1. The second-order valence-corrected chi connectivity index (χ2v) is 4.41. The van der Waals surface area contributed by atoms with Crippen LogP contribution in [-0.4, -0.2) is 5.91 Å². The Kier molecular flexibility index (Phi) is 1.94. The molecular formula is C11H17NO. The molecule has 3 atom stereocenters. The van der Waals surface area contributed by atoms with Crippen LogP contribution in [0.3, 0.4) is 0 Å². The predicted molar refractivity (Wildman–Crippen MR) is 51.9 cm³/mol. The fourth-order valence-electron chi connectivity index (χ4n) is 2.99. The molecule has 0 spiro atoms. The highest BCUT2D eigenvalue weighted by molar-refractivity contribution is 5.82. The van der Waals surface area contributed by atoms with Crippen molar-refractivity contribution in [2.45, 2.75) is 32.6 Å². The average Bonchev–Trinajstić information content (AvgIpc) is 2.19. The Bertz CT molecular complexity index is 259. The number of carbonyl (C=O) groups excluding carboxylic acids is 1. The maximum atomic E-state index is 11.5. The molecule has 0 heterocycles. The number of fused-ring (bicyclic) bond motifs is 2. The van der Waals surface area contributed by atoms with Gasteiger partial charge in [-0.1, -0.05) is 19.1 Å². The fraction of sp³-hybridized carbons (Fsp3) is 0.727. The molecule has 0 aromatic rings. The Labute approximate surface area is 79.2 Å². The molecule has 3 rings (SSSR count). The number of hydrogen-bond acceptors (Lipinski definition) is 1. The van der Waals surface area contributed by atoms with Crippen LogP contribution >= 0.6 is 0 Å². The average molecular weight is 179 g/mol. The van der Waals surface area contributed by atoms with Crippen molar-refractivity contribution in [2.24, 2.45) is 23.0 Å². The molecule has 2 nitrogen and oxygen atoms in total. The van der Waals surface area contributed by atoms with Gasteiger partial charge < -0.3 is 5.73 Å². The molecule has 0 radical (unpaired) electrons. The maximum Gasteiger partial charge on any atom is 0.224 e. The number of rotatable bonds is 2. The number of carbonyl (C=O) groups is 1. The van der Waals surface area contributed by atoms with Crippen LogP contribution in [0.5, 0.6) is 0 Å². The van der Waals surface area contributed by atoms with E-state index in [2.05, 4.69) is 19.1 Å². The van der Waals surface area contributed by atoms with Crippen molar-refractivity contribution < 1.29 is 4.79 Å². The van der Waals surface area contributed by atoms with E-state index in [9.17, 15) is 4.79 Å². The van der Waals surface area contributed by atoms with Crippen LogP contribution in [0.2, 0.25) is 0 Å². The van der Waals surface area contributed by atoms with Crippen LogP contribution in [0.25, 0.3) is 0 Å². The first-order valence-electron chi connectivity index (χ1n) is 5.17. The molecule has 2 bridgehead atoms. The first kappa shape index (κ1) is 8.79. The van der Waals surface area contributed by atoms with E-state index in [1.807, 2.05) is 0 Å². The number of hydrogen-bond donors (Lipinski definition) is 1. The zero-order valence-corrected chi connectivity index (χ0v) is 8.12. The van der Waals surface area contributed by atoms with Gasteiger partial charge in [-0.25, -0.2) is 0 Å². The highest BCUT2D eigenvalue weighted by atomic mass is 16.1. The Balaban J connectivity index is 2.33. The molecule has 1 fully saturated rings. The molecule has 2 N–H and O–H groups in total. The molecule has 3 aliphatic rings. The SMILES string of the molecule is CCC1(C(N)=O)CC2C=CC1CC2. The van der Waals surface area contributed by atoms with Gasteiger partial charge in [-0.3, -0.25) is 4.79 Å². The van der Waals surface area contributed by atoms with Crippen molar-refractivity contribution in [3.8, 4) is 0 Å². The molecule has 0 aliphatic heterocycles. The minimum Gasteiger partial charge on any atom is -0.369 e. The number of allylic oxidation sites excluding steroid dienone is 2. The van der Waals surface area contributed by atoms with Gasteiger partial charge in [-0.05, 0) is 37.5 Å². The summed E-state index contributed by atoms with van der Waals surface area (Å²) in [5.74, 6) is 0.937. The third-order valence-corrected chi connectivity index (χ3v) is 3.92. The van der Waals surface area contributed by atoms with E-state index in [0.717, 1.165) is 19.3 Å². The van der Waals surface area contributed by atoms with Crippen LogP contribution in [0.4, 0.5) is 0 Å². The van der Waals surface area contributed by atoms with Crippen LogP contribution in [0, 0.1) is 17.3 Å². The lowest BCUT2D eigenvalue weighted by atomic mass is 9.58. The lowest BCUT2D eigenvalue weighted by Gasteiger charge is -2.46. The summed E-state index contributed by atoms with van der Waals surface area (Å²) in [5, 5.41) is 0. The van der Waals surface area contributed by atoms with Gasteiger partial charge in [-0.2, -0.15) is 0 Å². The Morgan fingerprint density at radius 3 is 2.54 bits per heavy atom. The summed E-state index contributed by atoms with van der Waals surface area (Å²) in [6, 6.07) is 0. The van der Waals surface area contributed by atoms with Gasteiger partial charge in [0.05, 0.1) is 5.41 Å². The molecule has 2 heteroatoms. The van der Waals surface area contributed by atoms with Gasteiger partial charge in [0.15, 0.2) is 0 Å².